The fraction of sp³-hybridized carbons (Fsp3) is 0.200. The Balaban J connectivity index is 3.05. The number of hydrogen-bond acceptors (Lipinski definition) is 5. The monoisotopic (exact) mass is 218 g/mol. The Hall–Kier alpha value is -2.42. The first kappa shape index (κ1) is 11.7. The number of aromatic nitrogens is 1. The van der Waals surface area contributed by atoms with Gasteiger partial charge in [-0.25, -0.2) is 4.98 Å². The molecule has 6 heteroatoms. The average Bonchev–Trinajstić information content (AvgIpc) is 2.28. The number of pyridine rings is 1. The summed E-state index contributed by atoms with van der Waals surface area (Å²) in [5.41, 5.74) is -0.495. The van der Waals surface area contributed by atoms with Crippen LogP contribution in [-0.4, -0.2) is 15.9 Å². The van der Waals surface area contributed by atoms with Crippen molar-refractivity contribution in [2.45, 2.75) is 13.0 Å². The van der Waals surface area contributed by atoms with Crippen molar-refractivity contribution in [1.82, 2.24) is 4.98 Å². The number of nitrogens with one attached hydrogen (secondary N) is 1. The second-order valence-corrected chi connectivity index (χ2v) is 3.10. The van der Waals surface area contributed by atoms with E-state index in [1.165, 1.54) is 12.1 Å². The van der Waals surface area contributed by atoms with Crippen molar-refractivity contribution in [2.24, 2.45) is 0 Å². The van der Waals surface area contributed by atoms with E-state index in [-0.39, 0.29) is 17.4 Å². The van der Waals surface area contributed by atoms with E-state index < -0.39 is 4.92 Å². The van der Waals surface area contributed by atoms with Crippen LogP contribution in [0.15, 0.2) is 24.8 Å². The Morgan fingerprint density at radius 3 is 2.94 bits per heavy atom. The normalized spacial score (nSPS) is 11.2. The number of nitriles is 1. The molecular formula is C10H10N4O2. The van der Waals surface area contributed by atoms with Gasteiger partial charge in [-0.3, -0.25) is 10.1 Å². The molecule has 1 aromatic heterocycles. The largest absolute Gasteiger partial charge is 0.364 e. The third-order valence-corrected chi connectivity index (χ3v) is 1.91. The fourth-order valence-corrected chi connectivity index (χ4v) is 1.05. The summed E-state index contributed by atoms with van der Waals surface area (Å²) >= 11 is 0. The summed E-state index contributed by atoms with van der Waals surface area (Å²) in [6.07, 6.45) is 1.66. The fourth-order valence-electron chi connectivity index (χ4n) is 1.05. The lowest BCUT2D eigenvalue weighted by Gasteiger charge is -2.09. The summed E-state index contributed by atoms with van der Waals surface area (Å²) in [5, 5.41) is 22.2. The number of anilines is 1. The van der Waals surface area contributed by atoms with Gasteiger partial charge in [0.1, 0.15) is 11.9 Å². The molecule has 16 heavy (non-hydrogen) atoms. The zero-order chi connectivity index (χ0) is 12.1. The number of hydrogen-bond donors (Lipinski definition) is 1. The average molecular weight is 218 g/mol. The van der Waals surface area contributed by atoms with E-state index >= 15 is 0 Å². The van der Waals surface area contributed by atoms with Crippen LogP contribution in [-0.2, 0) is 0 Å². The molecule has 0 aromatic carbocycles. The van der Waals surface area contributed by atoms with Crippen LogP contribution in [0.5, 0.6) is 0 Å². The highest BCUT2D eigenvalue weighted by Gasteiger charge is 2.15. The van der Waals surface area contributed by atoms with Gasteiger partial charge in [0.25, 0.3) is 0 Å². The number of nitrogens with zero attached hydrogens (tertiary/aromatic N) is 3. The van der Waals surface area contributed by atoms with Crippen molar-refractivity contribution in [3.63, 3.8) is 0 Å². The smallest absolute Gasteiger partial charge is 0.305 e. The van der Waals surface area contributed by atoms with Gasteiger partial charge in [0.15, 0.2) is 0 Å². The highest BCUT2D eigenvalue weighted by molar-refractivity contribution is 5.50. The Morgan fingerprint density at radius 2 is 2.44 bits per heavy atom. The van der Waals surface area contributed by atoms with Crippen LogP contribution in [0.25, 0.3) is 0 Å². The van der Waals surface area contributed by atoms with Crippen LogP contribution in [0.3, 0.4) is 0 Å². The Morgan fingerprint density at radius 1 is 1.75 bits per heavy atom. The highest BCUT2D eigenvalue weighted by atomic mass is 16.6. The lowest BCUT2D eigenvalue weighted by molar-refractivity contribution is -0.385. The molecule has 0 amide bonds. The Kier molecular flexibility index (Phi) is 3.56. The summed E-state index contributed by atoms with van der Waals surface area (Å²) in [5.74, 6) is 0.412. The number of nitro groups is 1. The summed E-state index contributed by atoms with van der Waals surface area (Å²) in [4.78, 5) is 13.8. The molecule has 1 aromatic rings. The molecule has 0 bridgehead atoms. The molecule has 82 valence electrons. The third kappa shape index (κ3) is 2.54. The molecule has 0 saturated heterocycles. The van der Waals surface area contributed by atoms with Gasteiger partial charge in [0.2, 0.25) is 5.69 Å². The first-order chi connectivity index (χ1) is 7.58. The van der Waals surface area contributed by atoms with Gasteiger partial charge in [-0.15, -0.1) is 6.58 Å². The van der Waals surface area contributed by atoms with E-state index in [1.54, 1.807) is 12.1 Å². The van der Waals surface area contributed by atoms with Crippen LogP contribution in [0.1, 0.15) is 12.6 Å². The second kappa shape index (κ2) is 4.89. The molecule has 1 rings (SSSR count). The number of rotatable bonds is 4. The SMILES string of the molecule is C=CC(C)Nc1ccc([N+](=O)[O-])c(C#N)n1. The van der Waals surface area contributed by atoms with Crippen molar-refractivity contribution < 1.29 is 4.92 Å². The quantitative estimate of drug-likeness (QED) is 0.473. The second-order valence-electron chi connectivity index (χ2n) is 3.10. The van der Waals surface area contributed by atoms with Crippen LogP contribution in [0.2, 0.25) is 0 Å². The molecule has 0 aliphatic rings. The Labute approximate surface area is 92.4 Å². The maximum Gasteiger partial charge on any atom is 0.305 e. The summed E-state index contributed by atoms with van der Waals surface area (Å²) in [6.45, 7) is 5.43. The molecule has 0 spiro atoms. The van der Waals surface area contributed by atoms with E-state index in [0.29, 0.717) is 5.82 Å². The molecule has 0 fully saturated rings. The van der Waals surface area contributed by atoms with Crippen LogP contribution in [0, 0.1) is 21.4 Å². The van der Waals surface area contributed by atoms with E-state index in [0.717, 1.165) is 0 Å². The van der Waals surface area contributed by atoms with Gasteiger partial charge in [-0.05, 0) is 13.0 Å². The van der Waals surface area contributed by atoms with Crippen molar-refractivity contribution in [3.05, 3.63) is 40.6 Å². The summed E-state index contributed by atoms with van der Waals surface area (Å²) in [7, 11) is 0. The van der Waals surface area contributed by atoms with Gasteiger partial charge < -0.3 is 5.32 Å². The van der Waals surface area contributed by atoms with Gasteiger partial charge >= 0.3 is 5.69 Å². The molecule has 0 radical (unpaired) electrons. The van der Waals surface area contributed by atoms with Crippen molar-refractivity contribution in [2.75, 3.05) is 5.32 Å². The van der Waals surface area contributed by atoms with Gasteiger partial charge in [-0.1, -0.05) is 6.08 Å². The molecule has 0 aliphatic heterocycles. The van der Waals surface area contributed by atoms with E-state index in [2.05, 4.69) is 16.9 Å². The van der Waals surface area contributed by atoms with Crippen LogP contribution >= 0.6 is 0 Å². The molecule has 6 nitrogen and oxygen atoms in total. The minimum absolute atomic E-state index is 0.0273. The predicted molar refractivity (Wildman–Crippen MR) is 58.9 cm³/mol. The van der Waals surface area contributed by atoms with E-state index in [1.807, 2.05) is 6.92 Å². The van der Waals surface area contributed by atoms with Gasteiger partial charge in [-0.2, -0.15) is 5.26 Å². The van der Waals surface area contributed by atoms with Crippen molar-refractivity contribution in [3.8, 4) is 6.07 Å². The molecule has 1 N–H and O–H groups in total. The lowest BCUT2D eigenvalue weighted by Crippen LogP contribution is -2.13. The maximum absolute atomic E-state index is 10.5. The first-order valence-corrected chi connectivity index (χ1v) is 4.53. The van der Waals surface area contributed by atoms with Crippen molar-refractivity contribution in [1.29, 1.82) is 5.26 Å². The van der Waals surface area contributed by atoms with E-state index in [9.17, 15) is 10.1 Å². The summed E-state index contributed by atoms with van der Waals surface area (Å²) in [6, 6.07) is 4.37. The zero-order valence-electron chi connectivity index (χ0n) is 8.67. The zero-order valence-corrected chi connectivity index (χ0v) is 8.67. The van der Waals surface area contributed by atoms with Crippen LogP contribution < -0.4 is 5.32 Å². The molecule has 0 aliphatic carbocycles. The minimum Gasteiger partial charge on any atom is -0.364 e. The van der Waals surface area contributed by atoms with Crippen molar-refractivity contribution >= 4 is 11.5 Å². The molecular weight excluding hydrogens is 208 g/mol. The molecule has 0 saturated carbocycles. The van der Waals surface area contributed by atoms with E-state index in [4.69, 9.17) is 5.26 Å². The highest BCUT2D eigenvalue weighted by Crippen LogP contribution is 2.18. The van der Waals surface area contributed by atoms with Gasteiger partial charge in [0, 0.05) is 12.1 Å². The minimum atomic E-state index is -0.633. The third-order valence-electron chi connectivity index (χ3n) is 1.91. The predicted octanol–water partition coefficient (Wildman–Crippen LogP) is 1.85. The molecule has 1 heterocycles. The maximum atomic E-state index is 10.5. The topological polar surface area (TPSA) is 91.9 Å². The summed E-state index contributed by atoms with van der Waals surface area (Å²) < 4.78 is 0. The van der Waals surface area contributed by atoms with Gasteiger partial charge in [0.05, 0.1) is 4.92 Å². The standard InChI is InChI=1S/C10H10N4O2/c1-3-7(2)12-10-5-4-9(14(15)16)8(6-11)13-10/h3-5,7H,1H2,2H3,(H,12,13). The Bertz CT molecular complexity index is 464. The molecule has 1 unspecified atom stereocenters. The first-order valence-electron chi connectivity index (χ1n) is 4.53. The molecule has 1 atom stereocenters. The van der Waals surface area contributed by atoms with Crippen LogP contribution in [0.4, 0.5) is 11.5 Å². The lowest BCUT2D eigenvalue weighted by atomic mass is 10.3.